The number of fused-ring (bicyclic) bond motifs is 1. The second-order valence-electron chi connectivity index (χ2n) is 6.15. The maximum absolute atomic E-state index is 5.54. The van der Waals surface area contributed by atoms with Crippen molar-refractivity contribution in [2.24, 2.45) is 5.41 Å². The van der Waals surface area contributed by atoms with E-state index in [4.69, 9.17) is 4.74 Å². The summed E-state index contributed by atoms with van der Waals surface area (Å²) in [4.78, 5) is 0. The van der Waals surface area contributed by atoms with Gasteiger partial charge in [0.05, 0.1) is 6.61 Å². The molecule has 1 atom stereocenters. The van der Waals surface area contributed by atoms with Crippen molar-refractivity contribution in [3.63, 3.8) is 0 Å². The maximum atomic E-state index is 5.54. The van der Waals surface area contributed by atoms with E-state index in [0.717, 1.165) is 18.8 Å². The maximum Gasteiger partial charge on any atom is 0.122 e. The van der Waals surface area contributed by atoms with Gasteiger partial charge in [0.25, 0.3) is 0 Å². The van der Waals surface area contributed by atoms with E-state index in [-0.39, 0.29) is 0 Å². The van der Waals surface area contributed by atoms with Crippen LogP contribution in [0.4, 0.5) is 5.69 Å². The smallest absolute Gasteiger partial charge is 0.122 e. The number of hydrogen-bond donors (Lipinski definition) is 1. The van der Waals surface area contributed by atoms with Crippen LogP contribution < -0.4 is 10.1 Å². The summed E-state index contributed by atoms with van der Waals surface area (Å²) >= 11 is 2.07. The van der Waals surface area contributed by atoms with Crippen LogP contribution in [0.1, 0.15) is 25.8 Å². The monoisotopic (exact) mass is 263 g/mol. The number of benzene rings is 1. The van der Waals surface area contributed by atoms with Gasteiger partial charge in [0, 0.05) is 23.9 Å². The topological polar surface area (TPSA) is 21.3 Å². The van der Waals surface area contributed by atoms with Gasteiger partial charge in [0.15, 0.2) is 0 Å². The molecule has 2 aliphatic heterocycles. The molecule has 0 aliphatic carbocycles. The Bertz CT molecular complexity index is 444. The molecule has 98 valence electrons. The van der Waals surface area contributed by atoms with E-state index in [2.05, 4.69) is 49.1 Å². The number of ether oxygens (including phenoxy) is 1. The molecule has 0 bridgehead atoms. The largest absolute Gasteiger partial charge is 0.493 e. The average Bonchev–Trinajstić information content (AvgIpc) is 2.74. The summed E-state index contributed by atoms with van der Waals surface area (Å²) in [5, 5.41) is 3.69. The van der Waals surface area contributed by atoms with Gasteiger partial charge in [-0.15, -0.1) is 0 Å². The molecule has 0 radical (unpaired) electrons. The average molecular weight is 263 g/mol. The highest BCUT2D eigenvalue weighted by molar-refractivity contribution is 7.99. The second kappa shape index (κ2) is 4.69. The molecule has 3 rings (SSSR count). The van der Waals surface area contributed by atoms with Crippen molar-refractivity contribution in [1.29, 1.82) is 0 Å². The molecule has 1 unspecified atom stereocenters. The second-order valence-corrected chi connectivity index (χ2v) is 7.18. The first-order valence-electron chi connectivity index (χ1n) is 6.72. The van der Waals surface area contributed by atoms with Gasteiger partial charge in [-0.2, -0.15) is 11.8 Å². The Balaban J connectivity index is 1.69. The van der Waals surface area contributed by atoms with E-state index in [1.165, 1.54) is 29.2 Å². The van der Waals surface area contributed by atoms with Crippen molar-refractivity contribution in [1.82, 2.24) is 0 Å². The van der Waals surface area contributed by atoms with Crippen LogP contribution in [0.3, 0.4) is 0 Å². The van der Waals surface area contributed by atoms with Crippen LogP contribution in [0.2, 0.25) is 0 Å². The van der Waals surface area contributed by atoms with Gasteiger partial charge in [-0.05, 0) is 41.4 Å². The van der Waals surface area contributed by atoms with Gasteiger partial charge in [-0.1, -0.05) is 13.8 Å². The molecule has 1 aromatic carbocycles. The number of nitrogens with one attached hydrogen (secondary N) is 1. The lowest BCUT2D eigenvalue weighted by Gasteiger charge is -2.35. The quantitative estimate of drug-likeness (QED) is 0.881. The van der Waals surface area contributed by atoms with Crippen molar-refractivity contribution in [3.05, 3.63) is 23.8 Å². The Kier molecular flexibility index (Phi) is 3.18. The molecule has 0 aromatic heterocycles. The van der Waals surface area contributed by atoms with E-state index in [0.29, 0.717) is 11.5 Å². The molecule has 0 spiro atoms. The fraction of sp³-hybridized carbons (Fsp3) is 0.600. The van der Waals surface area contributed by atoms with E-state index < -0.39 is 0 Å². The van der Waals surface area contributed by atoms with Gasteiger partial charge >= 0.3 is 0 Å². The zero-order valence-corrected chi connectivity index (χ0v) is 12.0. The highest BCUT2D eigenvalue weighted by Crippen LogP contribution is 2.35. The molecular weight excluding hydrogens is 242 g/mol. The molecule has 0 saturated carbocycles. The number of hydrogen-bond acceptors (Lipinski definition) is 3. The summed E-state index contributed by atoms with van der Waals surface area (Å²) in [5.74, 6) is 3.57. The lowest BCUT2D eigenvalue weighted by Crippen LogP contribution is -2.35. The molecular formula is C15H21NOS. The molecule has 2 aliphatic rings. The fourth-order valence-corrected chi connectivity index (χ4v) is 4.14. The van der Waals surface area contributed by atoms with Crippen LogP contribution in [0.25, 0.3) is 0 Å². The Morgan fingerprint density at radius 1 is 1.39 bits per heavy atom. The highest BCUT2D eigenvalue weighted by atomic mass is 32.2. The summed E-state index contributed by atoms with van der Waals surface area (Å²) in [6.07, 6.45) is 2.31. The van der Waals surface area contributed by atoms with Gasteiger partial charge in [-0.3, -0.25) is 0 Å². The van der Waals surface area contributed by atoms with Crippen LogP contribution >= 0.6 is 11.8 Å². The fourth-order valence-electron chi connectivity index (χ4n) is 2.87. The zero-order valence-electron chi connectivity index (χ0n) is 11.2. The van der Waals surface area contributed by atoms with Crippen LogP contribution in [-0.4, -0.2) is 24.2 Å². The van der Waals surface area contributed by atoms with Crippen molar-refractivity contribution in [3.8, 4) is 5.75 Å². The van der Waals surface area contributed by atoms with Crippen molar-refractivity contribution >= 4 is 17.4 Å². The molecule has 0 amide bonds. The Hall–Kier alpha value is -0.830. The Morgan fingerprint density at radius 2 is 2.28 bits per heavy atom. The van der Waals surface area contributed by atoms with E-state index in [1.54, 1.807) is 0 Å². The molecule has 2 nitrogen and oxygen atoms in total. The van der Waals surface area contributed by atoms with Gasteiger partial charge in [0.1, 0.15) is 5.75 Å². The van der Waals surface area contributed by atoms with Crippen molar-refractivity contribution in [2.45, 2.75) is 32.7 Å². The lowest BCUT2D eigenvalue weighted by atomic mass is 9.87. The summed E-state index contributed by atoms with van der Waals surface area (Å²) < 4.78 is 5.54. The first-order chi connectivity index (χ1) is 8.62. The summed E-state index contributed by atoms with van der Waals surface area (Å²) in [7, 11) is 0. The third kappa shape index (κ3) is 2.61. The van der Waals surface area contributed by atoms with Crippen LogP contribution in [0.15, 0.2) is 18.2 Å². The predicted molar refractivity (Wildman–Crippen MR) is 78.8 cm³/mol. The minimum atomic E-state index is 0.459. The minimum Gasteiger partial charge on any atom is -0.493 e. The van der Waals surface area contributed by atoms with Crippen molar-refractivity contribution in [2.75, 3.05) is 23.4 Å². The van der Waals surface area contributed by atoms with Gasteiger partial charge in [0.2, 0.25) is 0 Å². The number of rotatable bonds is 2. The Morgan fingerprint density at radius 3 is 3.11 bits per heavy atom. The number of anilines is 1. The zero-order chi connectivity index (χ0) is 12.6. The molecule has 1 N–H and O–H groups in total. The lowest BCUT2D eigenvalue weighted by molar-refractivity contribution is 0.356. The third-order valence-electron chi connectivity index (χ3n) is 3.67. The normalized spacial score (nSPS) is 25.3. The van der Waals surface area contributed by atoms with Crippen molar-refractivity contribution < 1.29 is 4.74 Å². The molecule has 2 heterocycles. The van der Waals surface area contributed by atoms with E-state index in [9.17, 15) is 0 Å². The summed E-state index contributed by atoms with van der Waals surface area (Å²) in [6.45, 7) is 5.57. The molecule has 3 heteroatoms. The molecule has 1 saturated heterocycles. The standard InChI is InChI=1S/C15H21NOS/c1-15(2)8-13(9-18-10-15)16-12-3-4-14-11(7-12)5-6-17-14/h3-4,7,13,16H,5-6,8-10H2,1-2H3. The van der Waals surface area contributed by atoms with Gasteiger partial charge < -0.3 is 10.1 Å². The SMILES string of the molecule is CC1(C)CSCC(Nc2ccc3c(c2)CCO3)C1. The highest BCUT2D eigenvalue weighted by Gasteiger charge is 2.28. The Labute approximate surface area is 113 Å². The first-order valence-corrected chi connectivity index (χ1v) is 7.88. The number of thioether (sulfide) groups is 1. The van der Waals surface area contributed by atoms with E-state index >= 15 is 0 Å². The van der Waals surface area contributed by atoms with Gasteiger partial charge in [-0.25, -0.2) is 0 Å². The molecule has 1 aromatic rings. The summed E-state index contributed by atoms with van der Waals surface area (Å²) in [5.41, 5.74) is 3.06. The van der Waals surface area contributed by atoms with Crippen LogP contribution in [0.5, 0.6) is 5.75 Å². The summed E-state index contributed by atoms with van der Waals surface area (Å²) in [6, 6.07) is 7.11. The predicted octanol–water partition coefficient (Wildman–Crippen LogP) is 3.57. The first kappa shape index (κ1) is 12.2. The van der Waals surface area contributed by atoms with Crippen LogP contribution in [-0.2, 0) is 6.42 Å². The van der Waals surface area contributed by atoms with E-state index in [1.807, 2.05) is 0 Å². The minimum absolute atomic E-state index is 0.459. The van der Waals surface area contributed by atoms with Crippen LogP contribution in [0, 0.1) is 5.41 Å². The third-order valence-corrected chi connectivity index (χ3v) is 5.29. The molecule has 1 fully saturated rings. The molecule has 18 heavy (non-hydrogen) atoms.